The fourth-order valence-corrected chi connectivity index (χ4v) is 5.12. The highest BCUT2D eigenvalue weighted by molar-refractivity contribution is 7.90. The molecule has 4 aromatic rings. The van der Waals surface area contributed by atoms with Gasteiger partial charge in [-0.1, -0.05) is 72.8 Å². The number of carbonyl (C=O) groups is 1. The zero-order valence-corrected chi connectivity index (χ0v) is 18.8. The van der Waals surface area contributed by atoms with E-state index in [9.17, 15) is 18.3 Å². The van der Waals surface area contributed by atoms with Gasteiger partial charge >= 0.3 is 0 Å². The van der Waals surface area contributed by atoms with E-state index in [1.165, 1.54) is 0 Å². The summed E-state index contributed by atoms with van der Waals surface area (Å²) >= 11 is 0. The Morgan fingerprint density at radius 1 is 0.788 bits per heavy atom. The summed E-state index contributed by atoms with van der Waals surface area (Å²) in [4.78, 5) is 12.9. The average Bonchev–Trinajstić information content (AvgIpc) is 2.84. The molecule has 0 fully saturated rings. The molecule has 5 nitrogen and oxygen atoms in total. The molecule has 1 atom stereocenters. The lowest BCUT2D eigenvalue weighted by atomic mass is 10.1. The molecule has 0 saturated heterocycles. The Bertz CT molecular complexity index is 1350. The van der Waals surface area contributed by atoms with Crippen molar-refractivity contribution in [1.82, 2.24) is 5.32 Å². The number of rotatable bonds is 8. The zero-order chi connectivity index (χ0) is 23.3. The normalized spacial score (nSPS) is 12.4. The summed E-state index contributed by atoms with van der Waals surface area (Å²) in [6.07, 6.45) is 0.519. The third kappa shape index (κ3) is 5.66. The van der Waals surface area contributed by atoms with Gasteiger partial charge in [0, 0.05) is 5.56 Å². The molecule has 6 heteroatoms. The summed E-state index contributed by atoms with van der Waals surface area (Å²) in [5.41, 5.74) is 2.03. The average molecular weight is 460 g/mol. The van der Waals surface area contributed by atoms with Gasteiger partial charge in [-0.2, -0.15) is 0 Å². The minimum atomic E-state index is -3.53. The fraction of sp³-hybridized carbons (Fsp3) is 0.148. The van der Waals surface area contributed by atoms with Gasteiger partial charge < -0.3 is 10.4 Å². The topological polar surface area (TPSA) is 83.5 Å². The highest BCUT2D eigenvalue weighted by Gasteiger charge is 2.17. The molecule has 4 rings (SSSR count). The molecule has 4 aromatic carbocycles. The third-order valence-corrected chi connectivity index (χ3v) is 7.22. The molecule has 0 aromatic heterocycles. The summed E-state index contributed by atoms with van der Waals surface area (Å²) in [6, 6.07) is 28.5. The van der Waals surface area contributed by atoms with Gasteiger partial charge in [0.25, 0.3) is 5.91 Å². The number of nitrogens with one attached hydrogen (secondary N) is 1. The Morgan fingerprint density at radius 2 is 1.45 bits per heavy atom. The number of aliphatic hydroxyl groups is 1. The predicted molar refractivity (Wildman–Crippen MR) is 130 cm³/mol. The standard InChI is InChI=1S/C27H25NO4S/c29-18-25(16-20-6-2-1-3-7-20)28-27(30)23-12-10-21(11-13-23)19-33(31,32)26-15-14-22-8-4-5-9-24(22)17-26/h1-15,17,25,29H,16,18-19H2,(H,28,30)/t25-/m0/s1. The van der Waals surface area contributed by atoms with Crippen LogP contribution in [0.15, 0.2) is 102 Å². The van der Waals surface area contributed by atoms with Gasteiger partial charge in [0.15, 0.2) is 9.84 Å². The second-order valence-corrected chi connectivity index (χ2v) is 10.00. The van der Waals surface area contributed by atoms with Crippen LogP contribution in [0.25, 0.3) is 10.8 Å². The van der Waals surface area contributed by atoms with Gasteiger partial charge in [-0.05, 0) is 52.6 Å². The van der Waals surface area contributed by atoms with Gasteiger partial charge in [-0.25, -0.2) is 8.42 Å². The Labute approximate surface area is 193 Å². The zero-order valence-electron chi connectivity index (χ0n) is 18.0. The summed E-state index contributed by atoms with van der Waals surface area (Å²) in [7, 11) is -3.53. The van der Waals surface area contributed by atoms with E-state index in [-0.39, 0.29) is 23.2 Å². The molecule has 1 amide bonds. The first-order valence-electron chi connectivity index (χ1n) is 10.7. The van der Waals surface area contributed by atoms with Crippen LogP contribution in [-0.2, 0) is 22.0 Å². The maximum atomic E-state index is 12.9. The highest BCUT2D eigenvalue weighted by Crippen LogP contribution is 2.22. The molecule has 168 valence electrons. The molecule has 0 radical (unpaired) electrons. The van der Waals surface area contributed by atoms with Crippen LogP contribution in [0.1, 0.15) is 21.5 Å². The molecule has 0 saturated carbocycles. The van der Waals surface area contributed by atoms with Gasteiger partial charge in [0.2, 0.25) is 0 Å². The summed E-state index contributed by atoms with van der Waals surface area (Å²) < 4.78 is 25.8. The van der Waals surface area contributed by atoms with Crippen molar-refractivity contribution >= 4 is 26.5 Å². The van der Waals surface area contributed by atoms with E-state index in [1.807, 2.05) is 60.7 Å². The largest absolute Gasteiger partial charge is 0.394 e. The van der Waals surface area contributed by atoms with Crippen molar-refractivity contribution in [3.05, 3.63) is 114 Å². The number of hydrogen-bond donors (Lipinski definition) is 2. The van der Waals surface area contributed by atoms with Gasteiger partial charge in [0.05, 0.1) is 23.3 Å². The minimum absolute atomic E-state index is 0.152. The van der Waals surface area contributed by atoms with E-state index in [0.717, 1.165) is 16.3 Å². The highest BCUT2D eigenvalue weighted by atomic mass is 32.2. The second kappa shape index (κ2) is 9.98. The first-order valence-corrected chi connectivity index (χ1v) is 12.4. The van der Waals surface area contributed by atoms with Crippen LogP contribution in [0.2, 0.25) is 0 Å². The maximum absolute atomic E-state index is 12.9. The minimum Gasteiger partial charge on any atom is -0.394 e. The van der Waals surface area contributed by atoms with E-state index in [1.54, 1.807) is 36.4 Å². The number of amides is 1. The Hall–Kier alpha value is -3.48. The van der Waals surface area contributed by atoms with E-state index in [2.05, 4.69) is 5.32 Å². The smallest absolute Gasteiger partial charge is 0.251 e. The Balaban J connectivity index is 1.43. The van der Waals surface area contributed by atoms with Crippen molar-refractivity contribution in [1.29, 1.82) is 0 Å². The predicted octanol–water partition coefficient (Wildman–Crippen LogP) is 4.15. The van der Waals surface area contributed by atoms with E-state index < -0.39 is 15.9 Å². The van der Waals surface area contributed by atoms with Crippen LogP contribution in [-0.4, -0.2) is 32.1 Å². The number of aliphatic hydroxyl groups excluding tert-OH is 1. The molecule has 0 bridgehead atoms. The number of carbonyl (C=O) groups excluding carboxylic acids is 1. The van der Waals surface area contributed by atoms with E-state index in [4.69, 9.17) is 0 Å². The summed E-state index contributed by atoms with van der Waals surface area (Å²) in [6.45, 7) is -0.178. The molecule has 0 heterocycles. The van der Waals surface area contributed by atoms with Crippen LogP contribution in [0.4, 0.5) is 0 Å². The first kappa shape index (κ1) is 22.7. The SMILES string of the molecule is O=C(N[C@H](CO)Cc1ccccc1)c1ccc(CS(=O)(=O)c2ccc3ccccc3c2)cc1. The Kier molecular flexibility index (Phi) is 6.87. The fourth-order valence-electron chi connectivity index (χ4n) is 3.74. The number of sulfone groups is 1. The molecule has 2 N–H and O–H groups in total. The lowest BCUT2D eigenvalue weighted by Gasteiger charge is -2.16. The molecule has 0 unspecified atom stereocenters. The van der Waals surface area contributed by atoms with Gasteiger partial charge in [0.1, 0.15) is 0 Å². The number of benzene rings is 4. The quantitative estimate of drug-likeness (QED) is 0.415. The van der Waals surface area contributed by atoms with Crippen molar-refractivity contribution < 1.29 is 18.3 Å². The van der Waals surface area contributed by atoms with Crippen molar-refractivity contribution in [3.63, 3.8) is 0 Å². The van der Waals surface area contributed by atoms with Crippen molar-refractivity contribution in [2.45, 2.75) is 23.1 Å². The van der Waals surface area contributed by atoms with Crippen LogP contribution in [0.3, 0.4) is 0 Å². The second-order valence-electron chi connectivity index (χ2n) is 8.01. The summed E-state index contributed by atoms with van der Waals surface area (Å²) in [5, 5.41) is 14.3. The first-order chi connectivity index (χ1) is 15.9. The van der Waals surface area contributed by atoms with Crippen molar-refractivity contribution in [2.24, 2.45) is 0 Å². The van der Waals surface area contributed by atoms with Crippen LogP contribution < -0.4 is 5.32 Å². The Morgan fingerprint density at radius 3 is 2.15 bits per heavy atom. The van der Waals surface area contributed by atoms with Gasteiger partial charge in [-0.15, -0.1) is 0 Å². The molecular weight excluding hydrogens is 434 g/mol. The molecule has 0 aliphatic rings. The van der Waals surface area contributed by atoms with Crippen LogP contribution in [0.5, 0.6) is 0 Å². The lowest BCUT2D eigenvalue weighted by Crippen LogP contribution is -2.39. The van der Waals surface area contributed by atoms with E-state index in [0.29, 0.717) is 17.5 Å². The molecule has 0 spiro atoms. The van der Waals surface area contributed by atoms with E-state index >= 15 is 0 Å². The monoisotopic (exact) mass is 459 g/mol. The molecular formula is C27H25NO4S. The van der Waals surface area contributed by atoms with Gasteiger partial charge in [-0.3, -0.25) is 4.79 Å². The van der Waals surface area contributed by atoms with Crippen molar-refractivity contribution in [2.75, 3.05) is 6.61 Å². The molecule has 0 aliphatic carbocycles. The molecule has 33 heavy (non-hydrogen) atoms. The van der Waals surface area contributed by atoms with Crippen LogP contribution in [0, 0.1) is 0 Å². The number of fused-ring (bicyclic) bond motifs is 1. The maximum Gasteiger partial charge on any atom is 0.251 e. The lowest BCUT2D eigenvalue weighted by molar-refractivity contribution is 0.0916. The molecule has 0 aliphatic heterocycles. The third-order valence-electron chi connectivity index (χ3n) is 5.53. The van der Waals surface area contributed by atoms with Crippen molar-refractivity contribution in [3.8, 4) is 0 Å². The summed E-state index contributed by atoms with van der Waals surface area (Å²) in [5.74, 6) is -0.463. The van der Waals surface area contributed by atoms with Crippen LogP contribution >= 0.6 is 0 Å². The number of hydrogen-bond acceptors (Lipinski definition) is 4.